The molecule has 4 aromatic rings. The van der Waals surface area contributed by atoms with Crippen LogP contribution in [0.15, 0.2) is 23.8 Å². The van der Waals surface area contributed by atoms with E-state index in [9.17, 15) is 34.7 Å². The summed E-state index contributed by atoms with van der Waals surface area (Å²) in [5, 5.41) is 41.0. The number of anilines is 1. The molecule has 0 aliphatic carbocycles. The predicted octanol–water partition coefficient (Wildman–Crippen LogP) is -2.94. The second-order valence-electron chi connectivity index (χ2n) is 9.69. The first kappa shape index (κ1) is 29.4. The number of nitrogens with zero attached hydrogens (tertiary/aromatic N) is 7. The van der Waals surface area contributed by atoms with Crippen molar-refractivity contribution in [1.29, 1.82) is 0 Å². The maximum Gasteiger partial charge on any atom is 0.474 e. The highest BCUT2D eigenvalue weighted by atomic mass is 31.2. The van der Waals surface area contributed by atoms with Crippen LogP contribution in [0.4, 0.5) is 5.95 Å². The number of fused-ring (bicyclic) bond motifs is 2. The van der Waals surface area contributed by atoms with E-state index in [-0.39, 0.29) is 28.3 Å². The number of methoxy groups -OCH3 is 1. The van der Waals surface area contributed by atoms with Crippen molar-refractivity contribution in [3.05, 3.63) is 29.3 Å². The van der Waals surface area contributed by atoms with E-state index < -0.39 is 81.6 Å². The van der Waals surface area contributed by atoms with Crippen molar-refractivity contribution < 1.29 is 53.1 Å². The van der Waals surface area contributed by atoms with Crippen LogP contribution in [-0.4, -0.2) is 122 Å². The Morgan fingerprint density at radius 3 is 2.67 bits per heavy atom. The van der Waals surface area contributed by atoms with Crippen LogP contribution in [0.25, 0.3) is 22.3 Å². The number of aromatic amines is 1. The van der Waals surface area contributed by atoms with E-state index in [0.29, 0.717) is 0 Å². The number of nitrogen functional groups attached to an aromatic ring is 1. The van der Waals surface area contributed by atoms with Gasteiger partial charge < -0.3 is 45.3 Å². The number of nitrogens with two attached hydrogens (primary N) is 1. The quantitative estimate of drug-likeness (QED) is 0.0913. The van der Waals surface area contributed by atoms with Gasteiger partial charge in [-0.3, -0.25) is 28.0 Å². The van der Waals surface area contributed by atoms with Gasteiger partial charge in [0.1, 0.15) is 36.8 Å². The number of nitrogens with one attached hydrogen (secondary N) is 1. The number of phosphoric ester groups is 1. The third-order valence-electron chi connectivity index (χ3n) is 7.18. The zero-order valence-corrected chi connectivity index (χ0v) is 23.0. The number of aliphatic hydroxyl groups is 3. The molecule has 0 aromatic carbocycles. The van der Waals surface area contributed by atoms with Gasteiger partial charge in [-0.1, -0.05) is 0 Å². The van der Waals surface area contributed by atoms with Crippen LogP contribution in [0.3, 0.4) is 0 Å². The molecule has 2 aliphatic rings. The average Bonchev–Trinajstić information content (AvgIpc) is 3.73. The molecule has 2 saturated heterocycles. The molecule has 8 atom stereocenters. The fraction of sp³-hybridized carbons (Fsp3) is 0.524. The fourth-order valence-corrected chi connectivity index (χ4v) is 6.25. The van der Waals surface area contributed by atoms with Crippen LogP contribution in [0.1, 0.15) is 6.23 Å². The van der Waals surface area contributed by atoms with Crippen LogP contribution in [0, 0.1) is 0 Å². The van der Waals surface area contributed by atoms with Crippen molar-refractivity contribution >= 4 is 36.1 Å². The molecule has 2 fully saturated rings. The first-order chi connectivity index (χ1) is 20.5. The lowest BCUT2D eigenvalue weighted by molar-refractivity contribution is -0.124. The molecule has 8 N–H and O–H groups in total. The van der Waals surface area contributed by atoms with E-state index in [0.717, 1.165) is 17.2 Å². The smallest absolute Gasteiger partial charge is 0.474 e. The lowest BCUT2D eigenvalue weighted by Crippen LogP contribution is -2.49. The Kier molecular flexibility index (Phi) is 7.41. The Balaban J connectivity index is 1.26. The number of aliphatic hydroxyl groups excluding tert-OH is 3. The van der Waals surface area contributed by atoms with Gasteiger partial charge in [-0.2, -0.15) is 9.97 Å². The molecule has 0 spiro atoms. The highest BCUT2D eigenvalue weighted by molar-refractivity contribution is 7.47. The zero-order chi connectivity index (χ0) is 30.7. The molecule has 0 radical (unpaired) electrons. The molecule has 22 heteroatoms. The number of hydrogen-bond donors (Lipinski definition) is 7. The minimum Gasteiger partial charge on any atom is -0.492 e. The van der Waals surface area contributed by atoms with Gasteiger partial charge in [-0.15, -0.1) is 0 Å². The van der Waals surface area contributed by atoms with Gasteiger partial charge >= 0.3 is 7.82 Å². The molecular weight excluding hydrogens is 601 g/mol. The normalized spacial score (nSPS) is 30.8. The summed E-state index contributed by atoms with van der Waals surface area (Å²) in [4.78, 5) is 45.2. The minimum atomic E-state index is -5.14. The van der Waals surface area contributed by atoms with Gasteiger partial charge in [-0.25, -0.2) is 19.5 Å². The molecule has 6 heterocycles. The third-order valence-corrected chi connectivity index (χ3v) is 8.20. The van der Waals surface area contributed by atoms with Gasteiger partial charge in [0.2, 0.25) is 17.6 Å². The Hall–Kier alpha value is -3.63. The highest BCUT2D eigenvalue weighted by Crippen LogP contribution is 2.53. The summed E-state index contributed by atoms with van der Waals surface area (Å²) in [5.74, 6) is -0.692. The van der Waals surface area contributed by atoms with E-state index >= 15 is 0 Å². The maximum atomic E-state index is 13.4. The molecule has 2 aliphatic heterocycles. The molecule has 0 bridgehead atoms. The lowest BCUT2D eigenvalue weighted by Gasteiger charge is -2.35. The van der Waals surface area contributed by atoms with E-state index in [1.807, 2.05) is 0 Å². The van der Waals surface area contributed by atoms with Crippen LogP contribution < -0.4 is 11.3 Å². The van der Waals surface area contributed by atoms with Gasteiger partial charge in [0.15, 0.2) is 28.6 Å². The Morgan fingerprint density at radius 1 is 1.16 bits per heavy atom. The molecule has 4 aromatic heterocycles. The second kappa shape index (κ2) is 10.8. The van der Waals surface area contributed by atoms with Crippen molar-refractivity contribution in [2.24, 2.45) is 0 Å². The SMILES string of the molecule is CO[C@@H]1[C@@H](CO)OC[C@]1(OP(=O)(O)OC[C@H]1O[C@@H](n2cnc3c(O)ncnc32)[C@H](O)[C@@H]1O)n1cnc2c(=O)[nH]c(N)nc21. The largest absolute Gasteiger partial charge is 0.492 e. The first-order valence-corrected chi connectivity index (χ1v) is 14.0. The monoisotopic (exact) mass is 627 g/mol. The number of aromatic hydroxyl groups is 1. The molecule has 6 rings (SSSR count). The number of H-pyrrole nitrogens is 1. The number of phosphoric acid groups is 1. The molecule has 0 amide bonds. The second-order valence-corrected chi connectivity index (χ2v) is 11.1. The van der Waals surface area contributed by atoms with Gasteiger partial charge in [0.25, 0.3) is 5.56 Å². The highest BCUT2D eigenvalue weighted by Gasteiger charge is 2.58. The van der Waals surface area contributed by atoms with E-state index in [1.165, 1.54) is 18.0 Å². The summed E-state index contributed by atoms with van der Waals surface area (Å²) in [7, 11) is -3.90. The van der Waals surface area contributed by atoms with Gasteiger partial charge in [0.05, 0.1) is 32.5 Å². The van der Waals surface area contributed by atoms with Gasteiger partial charge in [-0.05, 0) is 0 Å². The Labute approximate surface area is 239 Å². The summed E-state index contributed by atoms with van der Waals surface area (Å²) in [5.41, 5.74) is 2.73. The lowest BCUT2D eigenvalue weighted by atomic mass is 10.1. The van der Waals surface area contributed by atoms with Crippen molar-refractivity contribution in [2.75, 3.05) is 32.7 Å². The van der Waals surface area contributed by atoms with E-state index in [4.69, 9.17) is 29.0 Å². The fourth-order valence-electron chi connectivity index (χ4n) is 5.22. The van der Waals surface area contributed by atoms with Crippen LogP contribution >= 0.6 is 7.82 Å². The minimum absolute atomic E-state index is 0.0176. The number of rotatable bonds is 9. The van der Waals surface area contributed by atoms with E-state index in [2.05, 4.69) is 29.9 Å². The van der Waals surface area contributed by atoms with Crippen LogP contribution in [0.5, 0.6) is 5.88 Å². The average molecular weight is 627 g/mol. The third kappa shape index (κ3) is 4.84. The molecular formula is C21H26N9O12P. The number of hydrogen-bond acceptors (Lipinski definition) is 17. The first-order valence-electron chi connectivity index (χ1n) is 12.5. The summed E-state index contributed by atoms with van der Waals surface area (Å²) >= 11 is 0. The summed E-state index contributed by atoms with van der Waals surface area (Å²) in [6.45, 7) is -1.82. The Bertz CT molecular complexity index is 1760. The van der Waals surface area contributed by atoms with Crippen molar-refractivity contribution in [3.63, 3.8) is 0 Å². The zero-order valence-electron chi connectivity index (χ0n) is 22.1. The van der Waals surface area contributed by atoms with E-state index in [1.54, 1.807) is 0 Å². The number of imidazole rings is 2. The maximum absolute atomic E-state index is 13.4. The number of aromatic nitrogens is 8. The van der Waals surface area contributed by atoms with Crippen molar-refractivity contribution in [1.82, 2.24) is 39.0 Å². The Morgan fingerprint density at radius 2 is 1.93 bits per heavy atom. The summed E-state index contributed by atoms with van der Waals surface area (Å²) in [6, 6.07) is 0. The standard InChI is InChI=1S/C21H26N9O12P/c1-38-14-8(2-31)39-4-21(14,30-7-26-11-16(30)27-20(22)28-18(11)35)42-43(36,37)40-3-9-12(32)13(33)19(41-9)29-6-25-10-15(29)23-5-24-17(10)34/h5-9,12-14,19,31-33H,2-4H2,1H3,(H,36,37)(H,23,24,34)(H3,22,27,28,35)/t8-,9-,12-,13-,14-,19-,21-/m1/s1. The van der Waals surface area contributed by atoms with Crippen LogP contribution in [0.2, 0.25) is 0 Å². The van der Waals surface area contributed by atoms with Crippen molar-refractivity contribution in [3.8, 4) is 5.88 Å². The summed E-state index contributed by atoms with van der Waals surface area (Å²) in [6.07, 6.45) is -4.74. The topological polar surface area (TPSA) is 298 Å². The predicted molar refractivity (Wildman–Crippen MR) is 138 cm³/mol. The molecule has 0 saturated carbocycles. The molecule has 1 unspecified atom stereocenters. The molecule has 43 heavy (non-hydrogen) atoms. The van der Waals surface area contributed by atoms with Gasteiger partial charge in [0, 0.05) is 7.11 Å². The molecule has 21 nitrogen and oxygen atoms in total. The molecule has 232 valence electrons. The number of ether oxygens (including phenoxy) is 3. The van der Waals surface area contributed by atoms with Crippen molar-refractivity contribution in [2.45, 2.75) is 42.5 Å². The van der Waals surface area contributed by atoms with Crippen LogP contribution in [-0.2, 0) is 33.5 Å². The summed E-state index contributed by atoms with van der Waals surface area (Å²) < 4.78 is 43.4.